The number of fused-ring (bicyclic) bond motifs is 1. The Morgan fingerprint density at radius 3 is 2.62 bits per heavy atom. The molecule has 0 aromatic carbocycles. The number of thiophene rings is 1. The Balaban J connectivity index is 1.64. The van der Waals surface area contributed by atoms with Crippen LogP contribution in [0.25, 0.3) is 5.00 Å². The van der Waals surface area contributed by atoms with Gasteiger partial charge in [-0.3, -0.25) is 10.1 Å². The number of carbonyl (C=O) groups excluding carboxylic acids is 3. The molecule has 29 heavy (non-hydrogen) atoms. The van der Waals surface area contributed by atoms with E-state index < -0.39 is 37.2 Å². The van der Waals surface area contributed by atoms with Gasteiger partial charge in [0, 0.05) is 23.0 Å². The van der Waals surface area contributed by atoms with Crippen LogP contribution in [0.3, 0.4) is 0 Å². The molecular weight excluding hydrogens is 431 g/mol. The average molecular weight is 447 g/mol. The van der Waals surface area contributed by atoms with E-state index >= 15 is 0 Å². The summed E-state index contributed by atoms with van der Waals surface area (Å²) >= 11 is 3.23. The smallest absolute Gasteiger partial charge is 0.405 e. The lowest BCUT2D eigenvalue weighted by molar-refractivity contribution is -0.125. The van der Waals surface area contributed by atoms with Gasteiger partial charge in [-0.25, -0.2) is 9.59 Å². The number of urea groups is 1. The first-order valence-corrected chi connectivity index (χ1v) is 10.4. The van der Waals surface area contributed by atoms with E-state index in [1.807, 2.05) is 12.1 Å². The van der Waals surface area contributed by atoms with Crippen LogP contribution in [-0.2, 0) is 21.7 Å². The molecule has 3 heterocycles. The molecule has 0 unspecified atom stereocenters. The van der Waals surface area contributed by atoms with Gasteiger partial charge in [0.1, 0.15) is 11.5 Å². The minimum Gasteiger partial charge on any atom is -0.452 e. The van der Waals surface area contributed by atoms with Gasteiger partial charge in [0.2, 0.25) is 0 Å². The number of nitrogens with zero attached hydrogens (tertiary/aromatic N) is 1. The summed E-state index contributed by atoms with van der Waals surface area (Å²) in [6.45, 7) is -2.37. The number of thioether (sulfide) groups is 1. The zero-order valence-corrected chi connectivity index (χ0v) is 16.5. The molecule has 0 radical (unpaired) electrons. The van der Waals surface area contributed by atoms with Gasteiger partial charge in [0.05, 0.1) is 5.56 Å². The largest absolute Gasteiger partial charge is 0.452 e. The maximum absolute atomic E-state index is 12.7. The fraction of sp³-hybridized carbons (Fsp3) is 0.353. The summed E-state index contributed by atoms with van der Waals surface area (Å²) in [6.07, 6.45) is -0.329. The van der Waals surface area contributed by atoms with Crippen molar-refractivity contribution in [2.24, 2.45) is 0 Å². The van der Waals surface area contributed by atoms with Gasteiger partial charge in [-0.1, -0.05) is 0 Å². The van der Waals surface area contributed by atoms with Crippen molar-refractivity contribution < 1.29 is 32.3 Å². The number of halogens is 3. The lowest BCUT2D eigenvalue weighted by atomic mass is 10.1. The molecule has 7 nitrogen and oxygen atoms in total. The third-order valence-electron chi connectivity index (χ3n) is 3.88. The Hall–Kier alpha value is -2.47. The Morgan fingerprint density at radius 2 is 1.93 bits per heavy atom. The van der Waals surface area contributed by atoms with E-state index in [1.54, 1.807) is 34.0 Å². The minimum atomic E-state index is -4.60. The van der Waals surface area contributed by atoms with Gasteiger partial charge in [0.15, 0.2) is 6.61 Å². The van der Waals surface area contributed by atoms with Gasteiger partial charge >= 0.3 is 18.2 Å². The molecule has 0 atom stereocenters. The van der Waals surface area contributed by atoms with Gasteiger partial charge in [-0.05, 0) is 29.9 Å². The van der Waals surface area contributed by atoms with Crippen LogP contribution >= 0.6 is 23.1 Å². The Morgan fingerprint density at radius 1 is 1.21 bits per heavy atom. The maximum atomic E-state index is 12.7. The number of alkyl halides is 3. The van der Waals surface area contributed by atoms with Crippen molar-refractivity contribution >= 4 is 41.0 Å². The van der Waals surface area contributed by atoms with E-state index in [0.29, 0.717) is 17.0 Å². The molecule has 1 aliphatic heterocycles. The number of hydrogen-bond acceptors (Lipinski definition) is 6. The van der Waals surface area contributed by atoms with E-state index in [1.165, 1.54) is 16.7 Å². The fourth-order valence-electron chi connectivity index (χ4n) is 2.67. The zero-order chi connectivity index (χ0) is 21.0. The maximum Gasteiger partial charge on any atom is 0.405 e. The second-order valence-electron chi connectivity index (χ2n) is 6.00. The van der Waals surface area contributed by atoms with Crippen molar-refractivity contribution in [2.75, 3.05) is 18.9 Å². The summed E-state index contributed by atoms with van der Waals surface area (Å²) < 4.78 is 43.0. The Kier molecular flexibility index (Phi) is 6.52. The van der Waals surface area contributed by atoms with E-state index in [9.17, 15) is 27.6 Å². The van der Waals surface area contributed by atoms with Crippen molar-refractivity contribution in [3.63, 3.8) is 0 Å². The number of imide groups is 1. The first kappa shape index (κ1) is 21.2. The molecular formula is C17H16F3N3O4S2. The summed E-state index contributed by atoms with van der Waals surface area (Å²) in [5.41, 5.74) is 1.25. The van der Waals surface area contributed by atoms with E-state index in [2.05, 4.69) is 0 Å². The first-order chi connectivity index (χ1) is 13.7. The van der Waals surface area contributed by atoms with Crippen molar-refractivity contribution in [1.82, 2.24) is 15.2 Å². The van der Waals surface area contributed by atoms with E-state index in [-0.39, 0.29) is 0 Å². The van der Waals surface area contributed by atoms with Crippen LogP contribution in [0.5, 0.6) is 0 Å². The van der Waals surface area contributed by atoms with E-state index in [0.717, 1.165) is 21.9 Å². The highest BCUT2D eigenvalue weighted by Gasteiger charge is 2.29. The van der Waals surface area contributed by atoms with Crippen LogP contribution < -0.4 is 10.6 Å². The van der Waals surface area contributed by atoms with E-state index in [4.69, 9.17) is 4.74 Å². The monoisotopic (exact) mass is 447 g/mol. The molecule has 0 saturated heterocycles. The van der Waals surface area contributed by atoms with Crippen molar-refractivity contribution in [2.45, 2.75) is 18.3 Å². The van der Waals surface area contributed by atoms with Gasteiger partial charge < -0.3 is 14.6 Å². The summed E-state index contributed by atoms with van der Waals surface area (Å²) in [5.74, 6) is -0.111. The highest BCUT2D eigenvalue weighted by Crippen LogP contribution is 2.38. The number of rotatable bonds is 5. The van der Waals surface area contributed by atoms with Crippen LogP contribution in [0, 0.1) is 0 Å². The van der Waals surface area contributed by atoms with Crippen LogP contribution in [0.2, 0.25) is 0 Å². The quantitative estimate of drug-likeness (QED) is 0.688. The molecule has 0 spiro atoms. The number of aromatic nitrogens is 1. The SMILES string of the molecule is O=C(COC(=O)c1c(-n2cccc2)sc2c1CCSC2)NC(=O)NCC(F)(F)F. The van der Waals surface area contributed by atoms with Crippen LogP contribution in [0.15, 0.2) is 24.5 Å². The molecule has 2 aromatic heterocycles. The van der Waals surface area contributed by atoms with Crippen molar-refractivity contribution in [1.29, 1.82) is 0 Å². The van der Waals surface area contributed by atoms with Gasteiger partial charge in [-0.2, -0.15) is 24.9 Å². The predicted molar refractivity (Wildman–Crippen MR) is 101 cm³/mol. The number of ether oxygens (including phenoxy) is 1. The van der Waals surface area contributed by atoms with Crippen LogP contribution in [0.4, 0.5) is 18.0 Å². The molecule has 156 valence electrons. The first-order valence-electron chi connectivity index (χ1n) is 8.42. The number of hydrogen-bond donors (Lipinski definition) is 2. The second-order valence-corrected chi connectivity index (χ2v) is 8.19. The summed E-state index contributed by atoms with van der Waals surface area (Å²) in [5, 5.41) is 3.86. The second kappa shape index (κ2) is 8.91. The molecule has 0 aliphatic carbocycles. The third kappa shape index (κ3) is 5.54. The molecule has 2 aromatic rings. The molecule has 3 rings (SSSR count). The van der Waals surface area contributed by atoms with Crippen LogP contribution in [-0.4, -0.2) is 47.6 Å². The molecule has 0 bridgehead atoms. The van der Waals surface area contributed by atoms with Crippen molar-refractivity contribution in [3.8, 4) is 5.00 Å². The summed E-state index contributed by atoms with van der Waals surface area (Å²) in [6, 6.07) is 2.31. The topological polar surface area (TPSA) is 89.4 Å². The minimum absolute atomic E-state index is 0.371. The predicted octanol–water partition coefficient (Wildman–Crippen LogP) is 2.87. The number of amides is 3. The molecule has 0 fully saturated rings. The Bertz CT molecular complexity index is 910. The third-order valence-corrected chi connectivity index (χ3v) is 6.30. The Labute approximate surface area is 171 Å². The zero-order valence-electron chi connectivity index (χ0n) is 14.9. The lowest BCUT2D eigenvalue weighted by Crippen LogP contribution is -2.44. The van der Waals surface area contributed by atoms with Gasteiger partial charge in [-0.15, -0.1) is 11.3 Å². The van der Waals surface area contributed by atoms with Crippen LogP contribution in [0.1, 0.15) is 20.8 Å². The summed E-state index contributed by atoms with van der Waals surface area (Å²) in [4.78, 5) is 36.7. The number of esters is 1. The number of carbonyl (C=O) groups is 3. The molecule has 3 amide bonds. The molecule has 0 saturated carbocycles. The molecule has 1 aliphatic rings. The van der Waals surface area contributed by atoms with Gasteiger partial charge in [0.25, 0.3) is 5.91 Å². The average Bonchev–Trinajstić information content (AvgIpc) is 3.31. The molecule has 12 heteroatoms. The molecule has 2 N–H and O–H groups in total. The summed E-state index contributed by atoms with van der Waals surface area (Å²) in [7, 11) is 0. The highest BCUT2D eigenvalue weighted by atomic mass is 32.2. The standard InChI is InChI=1S/C17H16F3N3O4S2/c18-17(19,20)9-21-16(26)22-12(24)7-27-15(25)13-10-3-6-28-8-11(10)29-14(13)23-4-1-2-5-23/h1-2,4-5H,3,6-9H2,(H2,21,22,24,26). The lowest BCUT2D eigenvalue weighted by Gasteiger charge is -2.13. The normalized spacial score (nSPS) is 13.5. The van der Waals surface area contributed by atoms with Crippen molar-refractivity contribution in [3.05, 3.63) is 40.5 Å². The highest BCUT2D eigenvalue weighted by molar-refractivity contribution is 7.98. The number of nitrogens with one attached hydrogen (secondary N) is 2. The fourth-order valence-corrected chi connectivity index (χ4v) is 5.11.